The zero-order chi connectivity index (χ0) is 28.6. The summed E-state index contributed by atoms with van der Waals surface area (Å²) in [5.74, 6) is 2.75. The highest BCUT2D eigenvalue weighted by Gasteiger charge is 2.29. The van der Waals surface area contributed by atoms with Crippen LogP contribution in [0.5, 0.6) is 0 Å². The smallest absolute Gasteiger partial charge is 0.355 e. The van der Waals surface area contributed by atoms with E-state index in [0.29, 0.717) is 39.9 Å². The molecule has 7 nitrogen and oxygen atoms in total. The van der Waals surface area contributed by atoms with Crippen LogP contribution in [0.4, 0.5) is 13.2 Å². The van der Waals surface area contributed by atoms with Crippen molar-refractivity contribution in [2.75, 3.05) is 0 Å². The zero-order valence-corrected chi connectivity index (χ0v) is 22.8. The number of carboxylic acid groups (broad SMARTS) is 1. The van der Waals surface area contributed by atoms with Gasteiger partial charge in [0.25, 0.3) is 0 Å². The monoisotopic (exact) mass is 584 g/mol. The maximum Gasteiger partial charge on any atom is 0.355 e. The Morgan fingerprint density at radius 1 is 1.25 bits per heavy atom. The van der Waals surface area contributed by atoms with E-state index in [-0.39, 0.29) is 22.6 Å². The molecule has 5 rings (SSSR count). The van der Waals surface area contributed by atoms with E-state index in [9.17, 15) is 27.3 Å². The minimum absolute atomic E-state index is 0.00511. The van der Waals surface area contributed by atoms with Gasteiger partial charge >= 0.3 is 5.97 Å². The number of aromatic nitrogens is 3. The zero-order valence-electron chi connectivity index (χ0n) is 21.2. The molecule has 40 heavy (non-hydrogen) atoms. The Balaban J connectivity index is 1.70. The van der Waals surface area contributed by atoms with Crippen LogP contribution in [-0.2, 0) is 23.8 Å². The summed E-state index contributed by atoms with van der Waals surface area (Å²) in [5, 5.41) is 21.3. The molecule has 2 aromatic heterocycles. The van der Waals surface area contributed by atoms with Gasteiger partial charge < -0.3 is 5.11 Å². The largest absolute Gasteiger partial charge is 0.476 e. The lowest BCUT2D eigenvalue weighted by atomic mass is 9.96. The average molecular weight is 585 g/mol. The van der Waals surface area contributed by atoms with Gasteiger partial charge in [0.1, 0.15) is 22.6 Å². The summed E-state index contributed by atoms with van der Waals surface area (Å²) in [4.78, 5) is 15.6. The number of nitrogens with zero attached hydrogens (tertiary/aromatic N) is 3. The molecule has 2 aromatic carbocycles. The van der Waals surface area contributed by atoms with Gasteiger partial charge in [-0.25, -0.2) is 37.0 Å². The molecular weight excluding hydrogens is 561 g/mol. The number of benzene rings is 2. The Morgan fingerprint density at radius 2 is 2.02 bits per heavy atom. The van der Waals surface area contributed by atoms with Gasteiger partial charge in [-0.1, -0.05) is 17.9 Å². The molecular formula is C28H23F3N4O3S2. The maximum atomic E-state index is 14.7. The van der Waals surface area contributed by atoms with E-state index in [4.69, 9.17) is 10.2 Å². The fraction of sp³-hybridized carbons (Fsp3) is 0.250. The summed E-state index contributed by atoms with van der Waals surface area (Å²) in [7, 11) is -1.99. The second kappa shape index (κ2) is 11.4. The van der Waals surface area contributed by atoms with Gasteiger partial charge in [-0.2, -0.15) is 5.10 Å². The second-order valence-corrected chi connectivity index (χ2v) is 11.3. The number of alkyl halides is 1. The van der Waals surface area contributed by atoms with Crippen LogP contribution in [0.25, 0.3) is 16.4 Å². The minimum atomic E-state index is -1.99. The van der Waals surface area contributed by atoms with E-state index in [2.05, 4.69) is 16.8 Å². The molecule has 4 aromatic rings. The Hall–Kier alpha value is -3.79. The molecule has 2 unspecified atom stereocenters. The highest BCUT2D eigenvalue weighted by atomic mass is 32.2. The van der Waals surface area contributed by atoms with Gasteiger partial charge in [-0.15, -0.1) is 11.3 Å². The number of thiazole rings is 1. The summed E-state index contributed by atoms with van der Waals surface area (Å²) in [6.07, 6.45) is 1.41. The highest BCUT2D eigenvalue weighted by Crippen LogP contribution is 2.38. The van der Waals surface area contributed by atoms with Crippen LogP contribution in [0.1, 0.15) is 52.6 Å². The molecule has 0 radical (unpaired) electrons. The quantitative estimate of drug-likeness (QED) is 0.277. The van der Waals surface area contributed by atoms with E-state index in [1.165, 1.54) is 42.6 Å². The van der Waals surface area contributed by atoms with Crippen molar-refractivity contribution >= 4 is 28.3 Å². The van der Waals surface area contributed by atoms with Gasteiger partial charge in [0.05, 0.1) is 21.8 Å². The molecule has 0 amide bonds. The summed E-state index contributed by atoms with van der Waals surface area (Å²) >= 11 is 1.12. The molecule has 2 heterocycles. The van der Waals surface area contributed by atoms with Crippen LogP contribution in [-0.4, -0.2) is 36.2 Å². The topological polar surface area (TPSA) is 111 Å². The van der Waals surface area contributed by atoms with E-state index in [1.807, 2.05) is 0 Å². The Kier molecular flexibility index (Phi) is 7.89. The Morgan fingerprint density at radius 3 is 2.65 bits per heavy atom. The lowest BCUT2D eigenvalue weighted by Gasteiger charge is -2.10. The fourth-order valence-corrected chi connectivity index (χ4v) is 5.52. The number of rotatable bonds is 8. The molecule has 12 heteroatoms. The number of nitrogens with two attached hydrogens (primary N) is 1. The van der Waals surface area contributed by atoms with E-state index < -0.39 is 34.8 Å². The fourth-order valence-electron chi connectivity index (χ4n) is 4.29. The molecule has 3 N–H and O–H groups in total. The number of aromatic carboxylic acids is 1. The van der Waals surface area contributed by atoms with Crippen molar-refractivity contribution in [3.05, 3.63) is 81.5 Å². The van der Waals surface area contributed by atoms with Gasteiger partial charge in [0, 0.05) is 22.9 Å². The van der Waals surface area contributed by atoms with Gasteiger partial charge in [0.2, 0.25) is 5.13 Å². The highest BCUT2D eigenvalue weighted by molar-refractivity contribution is 7.82. The predicted molar refractivity (Wildman–Crippen MR) is 145 cm³/mol. The first-order chi connectivity index (χ1) is 19.1. The molecule has 1 fully saturated rings. The normalized spacial score (nSPS) is 14.4. The van der Waals surface area contributed by atoms with Crippen LogP contribution in [0.15, 0.2) is 46.7 Å². The van der Waals surface area contributed by atoms with Crippen LogP contribution >= 0.6 is 11.3 Å². The predicted octanol–water partition coefficient (Wildman–Crippen LogP) is 5.21. The summed E-state index contributed by atoms with van der Waals surface area (Å²) in [6, 6.07) is 8.49. The number of carbonyl (C=O) groups is 1. The van der Waals surface area contributed by atoms with Crippen LogP contribution in [0, 0.1) is 29.4 Å². The minimum Gasteiger partial charge on any atom is -0.476 e. The Labute approximate surface area is 234 Å². The number of carboxylic acids is 1. The van der Waals surface area contributed by atoms with Crippen molar-refractivity contribution in [2.45, 2.75) is 43.7 Å². The summed E-state index contributed by atoms with van der Waals surface area (Å²) in [5.41, 5.74) is 2.86. The van der Waals surface area contributed by atoms with Crippen LogP contribution in [0.3, 0.4) is 0 Å². The van der Waals surface area contributed by atoms with E-state index in [1.54, 1.807) is 10.7 Å². The Bertz CT molecular complexity index is 1700. The van der Waals surface area contributed by atoms with Gasteiger partial charge in [-0.05, 0) is 68.0 Å². The third-order valence-electron chi connectivity index (χ3n) is 6.40. The molecule has 0 bridgehead atoms. The molecule has 206 valence electrons. The van der Waals surface area contributed by atoms with Crippen molar-refractivity contribution < 1.29 is 27.3 Å². The van der Waals surface area contributed by atoms with Crippen LogP contribution in [0.2, 0.25) is 0 Å². The van der Waals surface area contributed by atoms with Crippen molar-refractivity contribution in [3.8, 4) is 28.2 Å². The van der Waals surface area contributed by atoms with E-state index in [0.717, 1.165) is 29.9 Å². The maximum absolute atomic E-state index is 14.7. The number of halogens is 3. The molecule has 0 saturated heterocycles. The van der Waals surface area contributed by atoms with Crippen molar-refractivity contribution in [1.82, 2.24) is 14.8 Å². The molecule has 1 aliphatic carbocycles. The third kappa shape index (κ3) is 6.01. The third-order valence-corrected chi connectivity index (χ3v) is 7.98. The van der Waals surface area contributed by atoms with Crippen molar-refractivity contribution in [2.24, 2.45) is 11.1 Å². The standard InChI is InChI=1S/C28H23F3N4O3S2/c1-15(29)2-6-18-13-19(7-8-21(18)30)26-20(10-17-5-9-25(40(32)38)22(31)11-17)24(12-16-3-4-16)35(34-26)28-33-23(14-39-28)27(36)37/h5,7-9,11,13-16H,3-4,10,12,32H2,1H3,(H,36,37). The molecule has 1 aliphatic rings. The van der Waals surface area contributed by atoms with Crippen molar-refractivity contribution in [1.29, 1.82) is 0 Å². The lowest BCUT2D eigenvalue weighted by molar-refractivity contribution is 0.0691. The van der Waals surface area contributed by atoms with Gasteiger partial charge in [-0.3, -0.25) is 0 Å². The molecule has 2 atom stereocenters. The SMILES string of the molecule is CC(F)C#Cc1cc(-c2nn(-c3nc(C(=O)O)cs3)c(CC3CC3)c2Cc2ccc(S(N)=O)c(F)c2)ccc1F. The number of hydrogen-bond donors (Lipinski definition) is 2. The summed E-state index contributed by atoms with van der Waals surface area (Å²) < 4.78 is 55.9. The molecule has 0 spiro atoms. The summed E-state index contributed by atoms with van der Waals surface area (Å²) in [6.45, 7) is 1.25. The molecule has 0 aliphatic heterocycles. The first-order valence-corrected chi connectivity index (χ1v) is 14.4. The first-order valence-electron chi connectivity index (χ1n) is 12.3. The van der Waals surface area contributed by atoms with Crippen molar-refractivity contribution in [3.63, 3.8) is 0 Å². The van der Waals surface area contributed by atoms with E-state index >= 15 is 0 Å². The van der Waals surface area contributed by atoms with Gasteiger partial charge in [0.15, 0.2) is 11.9 Å². The van der Waals surface area contributed by atoms with Crippen LogP contribution < -0.4 is 5.14 Å². The first kappa shape index (κ1) is 27.8. The second-order valence-electron chi connectivity index (χ2n) is 9.47. The lowest BCUT2D eigenvalue weighted by Crippen LogP contribution is -2.07. The average Bonchev–Trinajstić information content (AvgIpc) is 3.46. The molecule has 1 saturated carbocycles. The number of hydrogen-bond acceptors (Lipinski definition) is 5.